The van der Waals surface area contributed by atoms with E-state index in [-0.39, 0.29) is 0 Å². The van der Waals surface area contributed by atoms with Crippen LogP contribution in [0.1, 0.15) is 5.56 Å². The molecule has 0 amide bonds. The van der Waals surface area contributed by atoms with Crippen LogP contribution in [0.4, 0.5) is 0 Å². The van der Waals surface area contributed by atoms with Crippen molar-refractivity contribution in [3.05, 3.63) is 59.1 Å². The summed E-state index contributed by atoms with van der Waals surface area (Å²) in [5.41, 5.74) is 1.09. The number of ether oxygens (including phenoxy) is 2. The number of methoxy groups -OCH3 is 2. The van der Waals surface area contributed by atoms with Gasteiger partial charge in [0.1, 0.15) is 0 Å². The van der Waals surface area contributed by atoms with E-state index in [9.17, 15) is 0 Å². The van der Waals surface area contributed by atoms with Crippen LogP contribution in [0.15, 0.2) is 53.5 Å². The molecule has 0 fully saturated rings. The molecule has 0 aliphatic heterocycles. The van der Waals surface area contributed by atoms with E-state index in [1.54, 1.807) is 14.2 Å². The zero-order valence-electron chi connectivity index (χ0n) is 11.0. The van der Waals surface area contributed by atoms with E-state index in [2.05, 4.69) is 35.3 Å². The molecule has 2 nitrogen and oxygen atoms in total. The molecule has 19 heavy (non-hydrogen) atoms. The average molecular weight is 319 g/mol. The number of hydrogen-bond donors (Lipinski definition) is 0. The predicted molar refractivity (Wildman–Crippen MR) is 80.4 cm³/mol. The molecule has 0 bridgehead atoms. The summed E-state index contributed by atoms with van der Waals surface area (Å²) in [5.74, 6) is 1.62. The van der Waals surface area contributed by atoms with Crippen LogP contribution in [0.5, 0.6) is 11.5 Å². The Morgan fingerprint density at radius 2 is 1.53 bits per heavy atom. The second kappa shape index (κ2) is 7.03. The Hall–Kier alpha value is -1.70. The van der Waals surface area contributed by atoms with Crippen LogP contribution < -0.4 is 13.9 Å². The molecule has 0 saturated carbocycles. The summed E-state index contributed by atoms with van der Waals surface area (Å²) in [5, 5.41) is 0. The molecule has 0 unspecified atom stereocenters. The quantitative estimate of drug-likeness (QED) is 0.789. The van der Waals surface area contributed by atoms with Gasteiger partial charge in [-0.3, -0.25) is 0 Å². The maximum absolute atomic E-state index is 5.25. The molecule has 0 aliphatic rings. The summed E-state index contributed by atoms with van der Waals surface area (Å²) in [6.45, 7) is 0. The molecule has 0 aromatic heterocycles. The summed E-state index contributed by atoms with van der Waals surface area (Å²) >= 11 is 0.345. The van der Waals surface area contributed by atoms with E-state index in [0.29, 0.717) is 15.0 Å². The molecule has 98 valence electrons. The Kier molecular flexibility index (Phi) is 5.08. The van der Waals surface area contributed by atoms with Crippen LogP contribution in [0, 0.1) is 0 Å². The Bertz CT molecular complexity index is 528. The summed E-state index contributed by atoms with van der Waals surface area (Å²) in [6.07, 6.45) is 2.11. The summed E-state index contributed by atoms with van der Waals surface area (Å²) in [6, 6.07) is 16.3. The van der Waals surface area contributed by atoms with Crippen LogP contribution >= 0.6 is 0 Å². The third kappa shape index (κ3) is 4.16. The van der Waals surface area contributed by atoms with Gasteiger partial charge in [-0.1, -0.05) is 0 Å². The third-order valence-corrected chi connectivity index (χ3v) is 4.29. The molecular weight excluding hydrogens is 303 g/mol. The maximum atomic E-state index is 5.25. The molecular formula is C16H16O2Se. The molecule has 0 N–H and O–H groups in total. The van der Waals surface area contributed by atoms with Crippen LogP contribution in [0.3, 0.4) is 0 Å². The van der Waals surface area contributed by atoms with Crippen molar-refractivity contribution in [2.24, 2.45) is 0 Å². The van der Waals surface area contributed by atoms with Gasteiger partial charge >= 0.3 is 120 Å². The molecule has 0 spiro atoms. The van der Waals surface area contributed by atoms with Gasteiger partial charge in [0.25, 0.3) is 0 Å². The van der Waals surface area contributed by atoms with E-state index < -0.39 is 0 Å². The van der Waals surface area contributed by atoms with E-state index in [1.807, 2.05) is 24.3 Å². The van der Waals surface area contributed by atoms with E-state index in [4.69, 9.17) is 9.47 Å². The molecule has 0 heterocycles. The van der Waals surface area contributed by atoms with Gasteiger partial charge in [-0.25, -0.2) is 0 Å². The van der Waals surface area contributed by atoms with Gasteiger partial charge in [0.15, 0.2) is 0 Å². The molecule has 0 radical (unpaired) electrons. The Labute approximate surface area is 120 Å². The monoisotopic (exact) mass is 320 g/mol. The summed E-state index contributed by atoms with van der Waals surface area (Å²) in [4.78, 5) is 2.20. The first-order valence-electron chi connectivity index (χ1n) is 5.93. The normalized spacial score (nSPS) is 10.6. The summed E-state index contributed by atoms with van der Waals surface area (Å²) in [7, 11) is 3.33. The Morgan fingerprint density at radius 1 is 0.895 bits per heavy atom. The first-order valence-corrected chi connectivity index (χ1v) is 7.77. The first kappa shape index (κ1) is 13.7. The SMILES string of the molecule is COc1cc(/C=C\[Se]c2ccccc2)cc(OC)c1. The van der Waals surface area contributed by atoms with Gasteiger partial charge in [-0.05, 0) is 0 Å². The van der Waals surface area contributed by atoms with E-state index >= 15 is 0 Å². The minimum atomic E-state index is 0.345. The van der Waals surface area contributed by atoms with Crippen LogP contribution in [0.25, 0.3) is 6.08 Å². The van der Waals surface area contributed by atoms with Crippen molar-refractivity contribution >= 4 is 25.5 Å². The van der Waals surface area contributed by atoms with Gasteiger partial charge in [0.05, 0.1) is 0 Å². The van der Waals surface area contributed by atoms with Crippen LogP contribution in [-0.2, 0) is 0 Å². The molecule has 2 aromatic rings. The van der Waals surface area contributed by atoms with Crippen molar-refractivity contribution < 1.29 is 9.47 Å². The molecule has 2 rings (SSSR count). The Balaban J connectivity index is 2.10. The van der Waals surface area contributed by atoms with Crippen molar-refractivity contribution in [3.63, 3.8) is 0 Å². The zero-order valence-corrected chi connectivity index (χ0v) is 12.7. The fourth-order valence-corrected chi connectivity index (χ4v) is 3.08. The average Bonchev–Trinajstić information content (AvgIpc) is 2.48. The Morgan fingerprint density at radius 3 is 2.11 bits per heavy atom. The molecule has 0 atom stereocenters. The van der Waals surface area contributed by atoms with Crippen LogP contribution in [-0.4, -0.2) is 29.2 Å². The van der Waals surface area contributed by atoms with E-state index in [0.717, 1.165) is 17.1 Å². The fraction of sp³-hybridized carbons (Fsp3) is 0.125. The van der Waals surface area contributed by atoms with Gasteiger partial charge in [-0.15, -0.1) is 0 Å². The van der Waals surface area contributed by atoms with E-state index in [1.165, 1.54) is 4.46 Å². The fourth-order valence-electron chi connectivity index (χ4n) is 1.62. The second-order valence-electron chi connectivity index (χ2n) is 3.88. The van der Waals surface area contributed by atoms with Gasteiger partial charge in [0.2, 0.25) is 0 Å². The van der Waals surface area contributed by atoms with Crippen LogP contribution in [0.2, 0.25) is 0 Å². The van der Waals surface area contributed by atoms with Crippen molar-refractivity contribution in [1.82, 2.24) is 0 Å². The topological polar surface area (TPSA) is 18.5 Å². The summed E-state index contributed by atoms with van der Waals surface area (Å²) < 4.78 is 11.9. The van der Waals surface area contributed by atoms with Crippen molar-refractivity contribution in [3.8, 4) is 11.5 Å². The predicted octanol–water partition coefficient (Wildman–Crippen LogP) is 2.70. The number of benzene rings is 2. The molecule has 3 heteroatoms. The molecule has 2 aromatic carbocycles. The van der Waals surface area contributed by atoms with Gasteiger partial charge in [0, 0.05) is 0 Å². The number of hydrogen-bond acceptors (Lipinski definition) is 2. The van der Waals surface area contributed by atoms with Crippen molar-refractivity contribution in [2.75, 3.05) is 14.2 Å². The zero-order chi connectivity index (χ0) is 13.5. The standard InChI is InChI=1S/C16H16O2Se/c1-17-14-10-13(11-15(12-14)18-2)8-9-19-16-6-4-3-5-7-16/h3-12H,1-2H3/b9-8-. The first-order chi connectivity index (χ1) is 9.31. The van der Waals surface area contributed by atoms with Crippen molar-refractivity contribution in [2.45, 2.75) is 0 Å². The van der Waals surface area contributed by atoms with Crippen molar-refractivity contribution in [1.29, 1.82) is 0 Å². The van der Waals surface area contributed by atoms with Gasteiger partial charge in [-0.2, -0.15) is 0 Å². The molecule has 0 saturated heterocycles. The number of rotatable bonds is 5. The molecule has 0 aliphatic carbocycles. The minimum absolute atomic E-state index is 0.345. The van der Waals surface area contributed by atoms with Gasteiger partial charge < -0.3 is 0 Å². The third-order valence-electron chi connectivity index (χ3n) is 2.58. The second-order valence-corrected chi connectivity index (χ2v) is 5.93.